The van der Waals surface area contributed by atoms with E-state index in [2.05, 4.69) is 94.2 Å². The molecule has 239 valence electrons. The first-order chi connectivity index (χ1) is 20.4. The summed E-state index contributed by atoms with van der Waals surface area (Å²) >= 11 is 0. The number of rotatable bonds is 10. The van der Waals surface area contributed by atoms with Crippen LogP contribution in [0.4, 0.5) is 0 Å². The van der Waals surface area contributed by atoms with E-state index in [0.717, 1.165) is 53.6 Å². The average Bonchev–Trinajstić information content (AvgIpc) is 2.96. The topological polar surface area (TPSA) is 59.4 Å². The van der Waals surface area contributed by atoms with Crippen LogP contribution in [0.15, 0.2) is 66.6 Å². The molecule has 0 unspecified atom stereocenters. The molecule has 0 bridgehead atoms. The van der Waals surface area contributed by atoms with Crippen LogP contribution in [0.2, 0.25) is 0 Å². The summed E-state index contributed by atoms with van der Waals surface area (Å²) in [4.78, 5) is 16.4. The van der Waals surface area contributed by atoms with Crippen molar-refractivity contribution in [1.82, 2.24) is 4.98 Å². The number of aryl methyl sites for hydroxylation is 2. The zero-order chi connectivity index (χ0) is 31.7. The Hall–Kier alpha value is -3.01. The van der Waals surface area contributed by atoms with E-state index in [1.165, 1.54) is 27.8 Å². The standard InChI is InChI=1S/C26H26NO.C13H24O2.Ir/c1-17-12-18(2)14-20(13-17)25-24-8-6-19-15-21(28-16-26(3,4)5)7-9-22(19)23(24)10-11-27-25;1-5-10(6-2)12(14)9-13(15)11(7-3)8-4;/h6-13,15H,16H2,1-5H3;9-11,14H,5-8H2,1-4H3;/q-1;;/b;12-9-;. The number of hydrogen-bond acceptors (Lipinski definition) is 4. The molecule has 0 aliphatic carbocycles. The van der Waals surface area contributed by atoms with Crippen molar-refractivity contribution in [3.05, 3.63) is 83.8 Å². The van der Waals surface area contributed by atoms with E-state index in [-0.39, 0.29) is 48.9 Å². The Morgan fingerprint density at radius 2 is 1.52 bits per heavy atom. The molecule has 0 fully saturated rings. The van der Waals surface area contributed by atoms with Gasteiger partial charge in [-0.3, -0.25) is 4.79 Å². The number of nitrogens with zero attached hydrogens (tertiary/aromatic N) is 1. The molecule has 44 heavy (non-hydrogen) atoms. The number of allylic oxidation sites excluding steroid dienone is 2. The molecule has 1 radical (unpaired) electrons. The van der Waals surface area contributed by atoms with Crippen LogP contribution in [-0.2, 0) is 24.9 Å². The van der Waals surface area contributed by atoms with E-state index in [9.17, 15) is 9.90 Å². The Balaban J connectivity index is 0.000000363. The normalized spacial score (nSPS) is 11.8. The zero-order valence-electron chi connectivity index (χ0n) is 28.0. The quantitative estimate of drug-likeness (QED) is 0.0755. The van der Waals surface area contributed by atoms with Crippen LogP contribution >= 0.6 is 0 Å². The average molecular weight is 773 g/mol. The molecule has 0 aliphatic heterocycles. The first-order valence-corrected chi connectivity index (χ1v) is 15.8. The van der Waals surface area contributed by atoms with Gasteiger partial charge in [0.25, 0.3) is 0 Å². The summed E-state index contributed by atoms with van der Waals surface area (Å²) in [5.74, 6) is 1.46. The monoisotopic (exact) mass is 773 g/mol. The van der Waals surface area contributed by atoms with Gasteiger partial charge < -0.3 is 14.8 Å². The fourth-order valence-corrected chi connectivity index (χ4v) is 5.38. The minimum absolute atomic E-state index is 0. The van der Waals surface area contributed by atoms with E-state index < -0.39 is 0 Å². The number of aliphatic hydroxyl groups excluding tert-OH is 1. The molecule has 0 atom stereocenters. The molecule has 0 aliphatic rings. The van der Waals surface area contributed by atoms with Gasteiger partial charge in [-0.15, -0.1) is 34.9 Å². The van der Waals surface area contributed by atoms with Gasteiger partial charge in [0.2, 0.25) is 0 Å². The summed E-state index contributed by atoms with van der Waals surface area (Å²) in [5, 5.41) is 14.5. The van der Waals surface area contributed by atoms with Crippen molar-refractivity contribution in [2.45, 2.75) is 88.0 Å². The van der Waals surface area contributed by atoms with Gasteiger partial charge in [0.1, 0.15) is 5.75 Å². The molecule has 1 heterocycles. The third kappa shape index (κ3) is 10.0. The second-order valence-electron chi connectivity index (χ2n) is 12.8. The molecule has 0 spiro atoms. The van der Waals surface area contributed by atoms with Crippen LogP contribution < -0.4 is 4.74 Å². The van der Waals surface area contributed by atoms with Crippen molar-refractivity contribution in [3.63, 3.8) is 0 Å². The maximum atomic E-state index is 11.7. The van der Waals surface area contributed by atoms with Crippen LogP contribution in [0.1, 0.15) is 85.3 Å². The minimum atomic E-state index is 0. The smallest absolute Gasteiger partial charge is 0.162 e. The van der Waals surface area contributed by atoms with Crippen molar-refractivity contribution in [3.8, 4) is 17.0 Å². The van der Waals surface area contributed by atoms with E-state index in [1.54, 1.807) is 0 Å². The molecule has 0 amide bonds. The Labute approximate surface area is 278 Å². The number of ether oxygens (including phenoxy) is 1. The predicted molar refractivity (Wildman–Crippen MR) is 182 cm³/mol. The molecule has 4 rings (SSSR count). The molecule has 0 saturated carbocycles. The summed E-state index contributed by atoms with van der Waals surface area (Å²) in [6.45, 7) is 19.5. The van der Waals surface area contributed by atoms with Crippen molar-refractivity contribution in [1.29, 1.82) is 0 Å². The van der Waals surface area contributed by atoms with Crippen molar-refractivity contribution >= 4 is 27.3 Å². The van der Waals surface area contributed by atoms with Crippen LogP contribution in [0.3, 0.4) is 0 Å². The van der Waals surface area contributed by atoms with Crippen molar-refractivity contribution in [2.24, 2.45) is 17.3 Å². The Kier molecular flexibility index (Phi) is 14.3. The summed E-state index contributed by atoms with van der Waals surface area (Å²) < 4.78 is 5.99. The van der Waals surface area contributed by atoms with E-state index >= 15 is 0 Å². The largest absolute Gasteiger partial charge is 0.512 e. The van der Waals surface area contributed by atoms with Gasteiger partial charge in [0.15, 0.2) is 5.78 Å². The number of fused-ring (bicyclic) bond motifs is 3. The zero-order valence-corrected chi connectivity index (χ0v) is 30.4. The molecule has 0 saturated heterocycles. The van der Waals surface area contributed by atoms with Gasteiger partial charge in [0.05, 0.1) is 12.4 Å². The maximum absolute atomic E-state index is 11.7. The maximum Gasteiger partial charge on any atom is 0.162 e. The van der Waals surface area contributed by atoms with Crippen molar-refractivity contribution in [2.75, 3.05) is 6.61 Å². The van der Waals surface area contributed by atoms with Gasteiger partial charge >= 0.3 is 0 Å². The molecular formula is C39H50IrNO3-. The number of pyridine rings is 1. The minimum Gasteiger partial charge on any atom is -0.512 e. The molecule has 4 aromatic rings. The van der Waals surface area contributed by atoms with Crippen molar-refractivity contribution < 1.29 is 34.7 Å². The fourth-order valence-electron chi connectivity index (χ4n) is 5.38. The third-order valence-corrected chi connectivity index (χ3v) is 7.89. The van der Waals surface area contributed by atoms with Gasteiger partial charge in [0, 0.05) is 44.2 Å². The number of carbonyl (C=O) groups is 1. The number of carbonyl (C=O) groups excluding carboxylic acids is 1. The second kappa shape index (κ2) is 16.9. The molecule has 5 heteroatoms. The van der Waals surface area contributed by atoms with E-state index in [1.807, 2.05) is 33.9 Å². The number of hydrogen-bond donors (Lipinski definition) is 1. The Morgan fingerprint density at radius 3 is 2.11 bits per heavy atom. The summed E-state index contributed by atoms with van der Waals surface area (Å²) in [6, 6.07) is 20.5. The SMILES string of the molecule is CCC(CC)C(=O)/C=C(\O)C(CC)CC.Cc1[c-]c(-c2nccc3c2ccc2cc(OCC(C)(C)C)ccc23)cc(C)c1.[Ir]. The summed E-state index contributed by atoms with van der Waals surface area (Å²) in [5.41, 5.74) is 4.54. The van der Waals surface area contributed by atoms with E-state index in [4.69, 9.17) is 4.74 Å². The molecule has 1 N–H and O–H groups in total. The number of aliphatic hydroxyl groups is 1. The molecule has 4 nitrogen and oxygen atoms in total. The summed E-state index contributed by atoms with van der Waals surface area (Å²) in [7, 11) is 0. The van der Waals surface area contributed by atoms with Crippen LogP contribution in [-0.4, -0.2) is 22.5 Å². The van der Waals surface area contributed by atoms with Gasteiger partial charge in [-0.2, -0.15) is 0 Å². The molecule has 3 aromatic carbocycles. The predicted octanol–water partition coefficient (Wildman–Crippen LogP) is 10.8. The van der Waals surface area contributed by atoms with Crippen LogP contribution in [0.5, 0.6) is 5.75 Å². The molecule has 1 aromatic heterocycles. The summed E-state index contributed by atoms with van der Waals surface area (Å²) in [6.07, 6.45) is 6.80. The van der Waals surface area contributed by atoms with E-state index in [0.29, 0.717) is 6.61 Å². The van der Waals surface area contributed by atoms with Gasteiger partial charge in [-0.25, -0.2) is 0 Å². The third-order valence-electron chi connectivity index (χ3n) is 7.89. The molecular weight excluding hydrogens is 723 g/mol. The first-order valence-electron chi connectivity index (χ1n) is 15.8. The number of aromatic nitrogens is 1. The number of benzene rings is 3. The fraction of sp³-hybridized carbons (Fsp3) is 0.436. The Bertz CT molecular complexity index is 1540. The second-order valence-corrected chi connectivity index (χ2v) is 12.8. The Morgan fingerprint density at radius 1 is 0.886 bits per heavy atom. The number of ketones is 1. The first kappa shape index (κ1) is 37.2. The van der Waals surface area contributed by atoms with Crippen LogP contribution in [0, 0.1) is 37.2 Å². The van der Waals surface area contributed by atoms with Crippen LogP contribution in [0.25, 0.3) is 32.8 Å². The van der Waals surface area contributed by atoms with Gasteiger partial charge in [-0.1, -0.05) is 80.5 Å². The van der Waals surface area contributed by atoms with Gasteiger partial charge in [-0.05, 0) is 76.5 Å².